The number of carbonyl (C=O) groups is 2. The number of para-hydroxylation sites is 1. The molecule has 2 aliphatic rings. The summed E-state index contributed by atoms with van der Waals surface area (Å²) in [5, 5.41) is 1.10. The number of H-pyrrole nitrogens is 1. The van der Waals surface area contributed by atoms with Crippen LogP contribution in [0.25, 0.3) is 10.9 Å². The van der Waals surface area contributed by atoms with E-state index in [4.69, 9.17) is 9.47 Å². The van der Waals surface area contributed by atoms with Crippen molar-refractivity contribution in [3.63, 3.8) is 0 Å². The minimum atomic E-state index is -0.521. The fourth-order valence-corrected chi connectivity index (χ4v) is 5.34. The number of aromatic amines is 1. The fraction of sp³-hybridized carbons (Fsp3) is 0.407. The topological polar surface area (TPSA) is 74.9 Å². The number of amides is 2. The molecule has 2 aromatic carbocycles. The molecule has 1 fully saturated rings. The van der Waals surface area contributed by atoms with Crippen molar-refractivity contribution < 1.29 is 19.1 Å². The Morgan fingerprint density at radius 1 is 1.09 bits per heavy atom. The molecule has 34 heavy (non-hydrogen) atoms. The first-order valence-corrected chi connectivity index (χ1v) is 12.1. The van der Waals surface area contributed by atoms with Crippen LogP contribution in [0, 0.1) is 0 Å². The molecule has 7 heteroatoms. The molecule has 2 atom stereocenters. The van der Waals surface area contributed by atoms with E-state index < -0.39 is 12.1 Å². The summed E-state index contributed by atoms with van der Waals surface area (Å²) in [6.07, 6.45) is 2.38. The van der Waals surface area contributed by atoms with E-state index in [0.29, 0.717) is 31.1 Å². The largest absolute Gasteiger partial charge is 0.493 e. The molecule has 0 spiro atoms. The van der Waals surface area contributed by atoms with Gasteiger partial charge in [0.2, 0.25) is 11.8 Å². The first kappa shape index (κ1) is 22.3. The number of benzene rings is 2. The normalized spacial score (nSPS) is 19.9. The molecule has 2 unspecified atom stereocenters. The van der Waals surface area contributed by atoms with Gasteiger partial charge < -0.3 is 24.3 Å². The highest BCUT2D eigenvalue weighted by molar-refractivity contribution is 5.97. The third-order valence-corrected chi connectivity index (χ3v) is 6.93. The van der Waals surface area contributed by atoms with Crippen LogP contribution in [0.4, 0.5) is 0 Å². The van der Waals surface area contributed by atoms with Crippen LogP contribution in [0.2, 0.25) is 0 Å². The second-order valence-electron chi connectivity index (χ2n) is 8.94. The Balaban J connectivity index is 1.65. The Morgan fingerprint density at radius 2 is 1.91 bits per heavy atom. The molecule has 1 aromatic heterocycles. The highest BCUT2D eigenvalue weighted by Gasteiger charge is 2.48. The first-order valence-electron chi connectivity index (χ1n) is 12.1. The van der Waals surface area contributed by atoms with E-state index in [1.54, 1.807) is 16.9 Å². The predicted octanol–water partition coefficient (Wildman–Crippen LogP) is 4.06. The van der Waals surface area contributed by atoms with Crippen molar-refractivity contribution in [1.29, 1.82) is 0 Å². The number of fused-ring (bicyclic) bond motifs is 4. The van der Waals surface area contributed by atoms with Crippen LogP contribution < -0.4 is 9.47 Å². The summed E-state index contributed by atoms with van der Waals surface area (Å²) < 4.78 is 11.3. The van der Waals surface area contributed by atoms with Crippen LogP contribution in [-0.2, 0) is 16.0 Å². The van der Waals surface area contributed by atoms with Gasteiger partial charge in [-0.3, -0.25) is 9.59 Å². The molecule has 2 aliphatic heterocycles. The lowest BCUT2D eigenvalue weighted by Gasteiger charge is -2.47. The number of nitrogens with one attached hydrogen (secondary N) is 1. The van der Waals surface area contributed by atoms with Crippen LogP contribution in [0.5, 0.6) is 11.5 Å². The second-order valence-corrected chi connectivity index (χ2v) is 8.94. The summed E-state index contributed by atoms with van der Waals surface area (Å²) in [5.41, 5.74) is 3.97. The molecule has 2 amide bonds. The lowest BCUT2D eigenvalue weighted by atomic mass is 9.86. The van der Waals surface area contributed by atoms with Gasteiger partial charge in [0.25, 0.3) is 0 Å². The van der Waals surface area contributed by atoms with Crippen molar-refractivity contribution in [3.05, 3.63) is 59.3 Å². The van der Waals surface area contributed by atoms with Crippen LogP contribution in [0.1, 0.15) is 49.6 Å². The Kier molecular flexibility index (Phi) is 5.94. The number of aromatic nitrogens is 1. The number of carbonyl (C=O) groups excluding carboxylic acids is 2. The van der Waals surface area contributed by atoms with Gasteiger partial charge in [-0.15, -0.1) is 0 Å². The van der Waals surface area contributed by atoms with Crippen molar-refractivity contribution in [2.24, 2.45) is 0 Å². The first-order chi connectivity index (χ1) is 16.6. The number of hydrogen-bond donors (Lipinski definition) is 1. The SMILES string of the molecule is CCCCN1CC(=O)N2C(Cc3c([nH]c4ccccc34)C2c2ccc(OCC)c(OC)c2)C1=O. The Labute approximate surface area is 199 Å². The van der Waals surface area contributed by atoms with Gasteiger partial charge in [0.15, 0.2) is 11.5 Å². The number of methoxy groups -OCH3 is 1. The Bertz CT molecular complexity index is 1230. The average Bonchev–Trinajstić information content (AvgIpc) is 3.23. The standard InChI is InChI=1S/C27H31N3O4/c1-4-6-13-29-16-24(31)30-21(27(29)32)15-19-18-9-7-8-10-20(18)28-25(19)26(30)17-11-12-22(34-5-2)23(14-17)33-3/h7-12,14,21,26,28H,4-6,13,15-16H2,1-3H3. The smallest absolute Gasteiger partial charge is 0.246 e. The monoisotopic (exact) mass is 461 g/mol. The van der Waals surface area contributed by atoms with Crippen molar-refractivity contribution >= 4 is 22.7 Å². The van der Waals surface area contributed by atoms with E-state index in [-0.39, 0.29) is 18.4 Å². The lowest BCUT2D eigenvalue weighted by Crippen LogP contribution is -2.63. The molecule has 0 saturated carbocycles. The van der Waals surface area contributed by atoms with Gasteiger partial charge >= 0.3 is 0 Å². The van der Waals surface area contributed by atoms with Gasteiger partial charge in [0, 0.05) is 29.6 Å². The van der Waals surface area contributed by atoms with E-state index in [9.17, 15) is 9.59 Å². The van der Waals surface area contributed by atoms with Crippen LogP contribution in [0.3, 0.4) is 0 Å². The summed E-state index contributed by atoms with van der Waals surface area (Å²) >= 11 is 0. The van der Waals surface area contributed by atoms with Gasteiger partial charge in [-0.2, -0.15) is 0 Å². The molecule has 7 nitrogen and oxygen atoms in total. The molecule has 0 bridgehead atoms. The molecular formula is C27H31N3O4. The van der Waals surface area contributed by atoms with Gasteiger partial charge in [-0.25, -0.2) is 0 Å². The number of unbranched alkanes of at least 4 members (excludes halogenated alkanes) is 1. The Morgan fingerprint density at radius 3 is 2.68 bits per heavy atom. The van der Waals surface area contributed by atoms with Crippen molar-refractivity contribution in [2.45, 2.75) is 45.2 Å². The van der Waals surface area contributed by atoms with E-state index >= 15 is 0 Å². The molecule has 3 heterocycles. The minimum absolute atomic E-state index is 0.0251. The van der Waals surface area contributed by atoms with E-state index in [1.165, 1.54) is 0 Å². The van der Waals surface area contributed by atoms with E-state index in [1.807, 2.05) is 43.3 Å². The number of hydrogen-bond acceptors (Lipinski definition) is 4. The molecule has 0 radical (unpaired) electrons. The summed E-state index contributed by atoms with van der Waals surface area (Å²) in [6, 6.07) is 13.0. The van der Waals surface area contributed by atoms with Gasteiger partial charge in [-0.05, 0) is 42.7 Å². The number of rotatable bonds is 7. The second kappa shape index (κ2) is 9.05. The summed E-state index contributed by atoms with van der Waals surface area (Å²) in [6.45, 7) is 5.29. The minimum Gasteiger partial charge on any atom is -0.493 e. The molecule has 1 N–H and O–H groups in total. The van der Waals surface area contributed by atoms with Crippen LogP contribution >= 0.6 is 0 Å². The van der Waals surface area contributed by atoms with Crippen LogP contribution in [-0.4, -0.2) is 59.4 Å². The highest BCUT2D eigenvalue weighted by atomic mass is 16.5. The maximum absolute atomic E-state index is 13.6. The zero-order valence-corrected chi connectivity index (χ0v) is 20.0. The third-order valence-electron chi connectivity index (χ3n) is 6.93. The van der Waals surface area contributed by atoms with E-state index in [0.717, 1.165) is 40.6 Å². The van der Waals surface area contributed by atoms with Crippen molar-refractivity contribution in [2.75, 3.05) is 26.8 Å². The third kappa shape index (κ3) is 3.59. The van der Waals surface area contributed by atoms with E-state index in [2.05, 4.69) is 18.0 Å². The lowest BCUT2D eigenvalue weighted by molar-refractivity contribution is -0.158. The predicted molar refractivity (Wildman–Crippen MR) is 130 cm³/mol. The Hall–Kier alpha value is -3.48. The van der Waals surface area contributed by atoms with Crippen molar-refractivity contribution in [3.8, 4) is 11.5 Å². The molecule has 3 aromatic rings. The number of piperazine rings is 1. The summed E-state index contributed by atoms with van der Waals surface area (Å²) in [5.74, 6) is 1.28. The van der Waals surface area contributed by atoms with Crippen LogP contribution in [0.15, 0.2) is 42.5 Å². The zero-order chi connectivity index (χ0) is 23.8. The van der Waals surface area contributed by atoms with Gasteiger partial charge in [0.05, 0.1) is 26.3 Å². The van der Waals surface area contributed by atoms with Crippen molar-refractivity contribution in [1.82, 2.24) is 14.8 Å². The molecule has 178 valence electrons. The quantitative estimate of drug-likeness (QED) is 0.576. The molecule has 0 aliphatic carbocycles. The fourth-order valence-electron chi connectivity index (χ4n) is 5.34. The number of nitrogens with zero attached hydrogens (tertiary/aromatic N) is 2. The number of ether oxygens (including phenoxy) is 2. The summed E-state index contributed by atoms with van der Waals surface area (Å²) in [7, 11) is 1.61. The van der Waals surface area contributed by atoms with Gasteiger partial charge in [-0.1, -0.05) is 37.6 Å². The zero-order valence-electron chi connectivity index (χ0n) is 20.0. The van der Waals surface area contributed by atoms with Gasteiger partial charge in [0.1, 0.15) is 6.04 Å². The maximum atomic E-state index is 13.6. The molecular weight excluding hydrogens is 430 g/mol. The molecule has 1 saturated heterocycles. The maximum Gasteiger partial charge on any atom is 0.246 e. The molecule has 5 rings (SSSR count). The summed E-state index contributed by atoms with van der Waals surface area (Å²) in [4.78, 5) is 34.2. The highest BCUT2D eigenvalue weighted by Crippen LogP contribution is 2.44. The average molecular weight is 462 g/mol.